The van der Waals surface area contributed by atoms with Gasteiger partial charge in [-0.15, -0.1) is 0 Å². The molecule has 0 radical (unpaired) electrons. The molecule has 0 aliphatic carbocycles. The molecular formula is C14H12ClN3O3. The van der Waals surface area contributed by atoms with Crippen LogP contribution >= 0.6 is 11.6 Å². The van der Waals surface area contributed by atoms with Crippen LogP contribution in [0.5, 0.6) is 0 Å². The molecule has 0 aliphatic heterocycles. The molecule has 2 amide bonds. The minimum atomic E-state index is -0.488. The Balaban J connectivity index is 1.98. The van der Waals surface area contributed by atoms with Crippen molar-refractivity contribution in [1.82, 2.24) is 4.98 Å². The zero-order chi connectivity index (χ0) is 15.2. The van der Waals surface area contributed by atoms with Gasteiger partial charge in [0.15, 0.2) is 0 Å². The van der Waals surface area contributed by atoms with Crippen LogP contribution in [0.15, 0.2) is 42.6 Å². The summed E-state index contributed by atoms with van der Waals surface area (Å²) in [7, 11) is 1.28. The normalized spacial score (nSPS) is 9.81. The van der Waals surface area contributed by atoms with Gasteiger partial charge in [0.2, 0.25) is 0 Å². The number of nitrogens with zero attached hydrogens (tertiary/aromatic N) is 1. The lowest BCUT2D eigenvalue weighted by atomic mass is 10.3. The maximum Gasteiger partial charge on any atom is 0.339 e. The van der Waals surface area contributed by atoms with E-state index in [1.807, 2.05) is 0 Å². The fourth-order valence-electron chi connectivity index (χ4n) is 1.55. The molecular weight excluding hydrogens is 294 g/mol. The van der Waals surface area contributed by atoms with E-state index in [-0.39, 0.29) is 0 Å². The summed E-state index contributed by atoms with van der Waals surface area (Å²) in [6.07, 6.45) is 1.32. The lowest BCUT2D eigenvalue weighted by Gasteiger charge is -2.07. The third-order valence-electron chi connectivity index (χ3n) is 2.51. The van der Waals surface area contributed by atoms with E-state index in [0.717, 1.165) is 0 Å². The van der Waals surface area contributed by atoms with Crippen LogP contribution in [-0.2, 0) is 4.74 Å². The summed E-state index contributed by atoms with van der Waals surface area (Å²) in [4.78, 5) is 27.0. The summed E-state index contributed by atoms with van der Waals surface area (Å²) in [5.74, 6) is -0.181. The fraction of sp³-hybridized carbons (Fsp3) is 0.0714. The first kappa shape index (κ1) is 14.8. The van der Waals surface area contributed by atoms with Gasteiger partial charge in [-0.25, -0.2) is 14.6 Å². The van der Waals surface area contributed by atoms with Crippen molar-refractivity contribution in [2.24, 2.45) is 0 Å². The van der Waals surface area contributed by atoms with Gasteiger partial charge >= 0.3 is 12.0 Å². The summed E-state index contributed by atoms with van der Waals surface area (Å²) < 4.78 is 4.56. The van der Waals surface area contributed by atoms with Crippen LogP contribution in [0.3, 0.4) is 0 Å². The molecule has 0 saturated heterocycles. The average Bonchev–Trinajstić information content (AvgIpc) is 2.47. The second-order valence-electron chi connectivity index (χ2n) is 4.01. The first-order valence-corrected chi connectivity index (χ1v) is 6.34. The molecule has 0 saturated carbocycles. The third-order valence-corrected chi connectivity index (χ3v) is 2.74. The number of hydrogen-bond acceptors (Lipinski definition) is 4. The van der Waals surface area contributed by atoms with Crippen LogP contribution in [0, 0.1) is 0 Å². The SMILES string of the molecule is COC(=O)c1ccc(NC(=O)Nc2cccc(Cl)c2)nc1. The fourth-order valence-corrected chi connectivity index (χ4v) is 1.74. The van der Waals surface area contributed by atoms with Crippen molar-refractivity contribution in [2.75, 3.05) is 17.7 Å². The van der Waals surface area contributed by atoms with Gasteiger partial charge in [-0.1, -0.05) is 17.7 Å². The van der Waals surface area contributed by atoms with Crippen molar-refractivity contribution in [3.8, 4) is 0 Å². The Morgan fingerprint density at radius 1 is 1.19 bits per heavy atom. The van der Waals surface area contributed by atoms with Gasteiger partial charge in [0.1, 0.15) is 5.82 Å². The van der Waals surface area contributed by atoms with Crippen molar-refractivity contribution in [1.29, 1.82) is 0 Å². The molecule has 2 rings (SSSR count). The second kappa shape index (κ2) is 6.71. The van der Waals surface area contributed by atoms with Crippen LogP contribution < -0.4 is 10.6 Å². The van der Waals surface area contributed by atoms with E-state index in [4.69, 9.17) is 11.6 Å². The maximum atomic E-state index is 11.8. The zero-order valence-corrected chi connectivity index (χ0v) is 11.8. The Labute approximate surface area is 126 Å². The van der Waals surface area contributed by atoms with Gasteiger partial charge in [-0.05, 0) is 30.3 Å². The molecule has 0 fully saturated rings. The molecule has 1 heterocycles. The largest absolute Gasteiger partial charge is 0.465 e. The molecule has 108 valence electrons. The highest BCUT2D eigenvalue weighted by Crippen LogP contribution is 2.15. The molecule has 21 heavy (non-hydrogen) atoms. The molecule has 0 unspecified atom stereocenters. The molecule has 0 spiro atoms. The first-order chi connectivity index (χ1) is 10.1. The topological polar surface area (TPSA) is 80.3 Å². The summed E-state index contributed by atoms with van der Waals surface area (Å²) in [6, 6.07) is 9.31. The molecule has 1 aromatic carbocycles. The summed E-state index contributed by atoms with van der Waals surface area (Å²) in [5, 5.41) is 5.67. The number of carbonyl (C=O) groups is 2. The Kier molecular flexibility index (Phi) is 4.73. The van der Waals surface area contributed by atoms with Crippen molar-refractivity contribution in [3.05, 3.63) is 53.2 Å². The lowest BCUT2D eigenvalue weighted by molar-refractivity contribution is 0.0600. The number of nitrogens with one attached hydrogen (secondary N) is 2. The van der Waals surface area contributed by atoms with Crippen LogP contribution in [0.2, 0.25) is 5.02 Å². The van der Waals surface area contributed by atoms with Gasteiger partial charge in [-0.3, -0.25) is 5.32 Å². The van der Waals surface area contributed by atoms with Crippen molar-refractivity contribution < 1.29 is 14.3 Å². The second-order valence-corrected chi connectivity index (χ2v) is 4.45. The number of aromatic nitrogens is 1. The number of esters is 1. The Hall–Kier alpha value is -2.60. The van der Waals surface area contributed by atoms with Crippen LogP contribution in [0.1, 0.15) is 10.4 Å². The third kappa shape index (κ3) is 4.19. The van der Waals surface area contributed by atoms with Crippen LogP contribution in [0.4, 0.5) is 16.3 Å². The molecule has 7 heteroatoms. The zero-order valence-electron chi connectivity index (χ0n) is 11.1. The first-order valence-electron chi connectivity index (χ1n) is 5.96. The van der Waals surface area contributed by atoms with Crippen LogP contribution in [-0.4, -0.2) is 24.1 Å². The number of benzene rings is 1. The Morgan fingerprint density at radius 2 is 2.00 bits per heavy atom. The van der Waals surface area contributed by atoms with Crippen molar-refractivity contribution in [2.45, 2.75) is 0 Å². The van der Waals surface area contributed by atoms with Gasteiger partial charge < -0.3 is 10.1 Å². The van der Waals surface area contributed by atoms with E-state index in [1.165, 1.54) is 25.4 Å². The van der Waals surface area contributed by atoms with E-state index in [2.05, 4.69) is 20.4 Å². The van der Waals surface area contributed by atoms with E-state index >= 15 is 0 Å². The van der Waals surface area contributed by atoms with E-state index in [1.54, 1.807) is 24.3 Å². The van der Waals surface area contributed by atoms with Gasteiger partial charge in [0.25, 0.3) is 0 Å². The highest BCUT2D eigenvalue weighted by Gasteiger charge is 2.07. The molecule has 6 nitrogen and oxygen atoms in total. The van der Waals surface area contributed by atoms with E-state index in [0.29, 0.717) is 22.1 Å². The molecule has 0 bridgehead atoms. The Morgan fingerprint density at radius 3 is 2.62 bits per heavy atom. The smallest absolute Gasteiger partial charge is 0.339 e. The minimum absolute atomic E-state index is 0.304. The number of pyridine rings is 1. The Bertz CT molecular complexity index is 659. The number of hydrogen-bond donors (Lipinski definition) is 2. The van der Waals surface area contributed by atoms with Gasteiger partial charge in [0.05, 0.1) is 12.7 Å². The quantitative estimate of drug-likeness (QED) is 0.854. The standard InChI is InChI=1S/C14H12ClN3O3/c1-21-13(19)9-5-6-12(16-8-9)18-14(20)17-11-4-2-3-10(15)7-11/h2-8H,1H3,(H2,16,17,18,20). The molecule has 2 aromatic rings. The number of rotatable bonds is 3. The van der Waals surface area contributed by atoms with Gasteiger partial charge in [-0.2, -0.15) is 0 Å². The number of carbonyl (C=O) groups excluding carboxylic acids is 2. The van der Waals surface area contributed by atoms with Crippen molar-refractivity contribution >= 4 is 35.1 Å². The van der Waals surface area contributed by atoms with E-state index < -0.39 is 12.0 Å². The highest BCUT2D eigenvalue weighted by atomic mass is 35.5. The number of methoxy groups -OCH3 is 1. The predicted octanol–water partition coefficient (Wildman–Crippen LogP) is 3.17. The average molecular weight is 306 g/mol. The molecule has 1 aromatic heterocycles. The lowest BCUT2D eigenvalue weighted by Crippen LogP contribution is -2.20. The van der Waals surface area contributed by atoms with E-state index in [9.17, 15) is 9.59 Å². The monoisotopic (exact) mass is 305 g/mol. The molecule has 2 N–H and O–H groups in total. The number of anilines is 2. The molecule has 0 atom stereocenters. The number of ether oxygens (including phenoxy) is 1. The number of urea groups is 1. The highest BCUT2D eigenvalue weighted by molar-refractivity contribution is 6.30. The minimum Gasteiger partial charge on any atom is -0.465 e. The van der Waals surface area contributed by atoms with Crippen molar-refractivity contribution in [3.63, 3.8) is 0 Å². The number of halogens is 1. The van der Waals surface area contributed by atoms with Gasteiger partial charge in [0, 0.05) is 16.9 Å². The van der Waals surface area contributed by atoms with Crippen LogP contribution in [0.25, 0.3) is 0 Å². The summed E-state index contributed by atoms with van der Waals surface area (Å²) in [5.41, 5.74) is 0.865. The summed E-state index contributed by atoms with van der Waals surface area (Å²) >= 11 is 5.82. The predicted molar refractivity (Wildman–Crippen MR) is 79.7 cm³/mol. The molecule has 0 aliphatic rings. The number of amides is 2. The summed E-state index contributed by atoms with van der Waals surface area (Å²) in [6.45, 7) is 0. The maximum absolute atomic E-state index is 11.8.